The molecule has 0 amide bonds. The van der Waals surface area contributed by atoms with E-state index in [9.17, 15) is 9.90 Å². The van der Waals surface area contributed by atoms with Crippen LogP contribution >= 0.6 is 0 Å². The number of hydrogen-bond donors (Lipinski definition) is 2. The number of amidine groups is 1. The van der Waals surface area contributed by atoms with Gasteiger partial charge in [0.25, 0.3) is 0 Å². The van der Waals surface area contributed by atoms with Gasteiger partial charge in [-0.2, -0.15) is 0 Å². The van der Waals surface area contributed by atoms with E-state index in [-0.39, 0.29) is 12.3 Å². The van der Waals surface area contributed by atoms with Gasteiger partial charge < -0.3 is 15.6 Å². The van der Waals surface area contributed by atoms with Gasteiger partial charge in [-0.25, -0.2) is 0 Å². The minimum absolute atomic E-state index is 0.112. The summed E-state index contributed by atoms with van der Waals surface area (Å²) in [4.78, 5) is 9.85. The van der Waals surface area contributed by atoms with Crippen LogP contribution in [-0.2, 0) is 4.79 Å². The highest BCUT2D eigenvalue weighted by atomic mass is 16.4. The number of nitrogens with one attached hydrogen (secondary N) is 1. The Balaban J connectivity index is 3.63. The maximum Gasteiger partial charge on any atom is 0.0937 e. The molecule has 0 radical (unpaired) electrons. The van der Waals surface area contributed by atoms with E-state index in [2.05, 4.69) is 0 Å². The molecule has 9 heavy (non-hydrogen) atoms. The highest BCUT2D eigenvalue weighted by Crippen LogP contribution is 1.97. The van der Waals surface area contributed by atoms with E-state index in [0.29, 0.717) is 0 Å². The molecule has 0 aromatic carbocycles. The number of carboxylic acid groups (broad SMARTS) is 1. The van der Waals surface area contributed by atoms with Crippen LogP contribution in [0.4, 0.5) is 0 Å². The lowest BCUT2D eigenvalue weighted by atomic mass is 10.1. The highest BCUT2D eigenvalue weighted by Gasteiger charge is 2.03. The summed E-state index contributed by atoms with van der Waals surface area (Å²) in [6.45, 7) is 1.57. The molecule has 3 N–H and O–H groups in total. The van der Waals surface area contributed by atoms with Crippen molar-refractivity contribution >= 4 is 11.8 Å². The van der Waals surface area contributed by atoms with Gasteiger partial charge >= 0.3 is 0 Å². The number of hydrogen-bond acceptors (Lipinski definition) is 3. The van der Waals surface area contributed by atoms with Gasteiger partial charge in [0.15, 0.2) is 0 Å². The summed E-state index contributed by atoms with van der Waals surface area (Å²) in [6.07, 6.45) is -0.171. The average molecular weight is 129 g/mol. The topological polar surface area (TPSA) is 90.0 Å². The van der Waals surface area contributed by atoms with Crippen molar-refractivity contribution in [3.63, 3.8) is 0 Å². The summed E-state index contributed by atoms with van der Waals surface area (Å²) in [7, 11) is 0. The van der Waals surface area contributed by atoms with Crippen molar-refractivity contribution in [3.05, 3.63) is 0 Å². The molecule has 0 aromatic heterocycles. The van der Waals surface area contributed by atoms with Crippen LogP contribution in [0.3, 0.4) is 0 Å². The second-order valence-electron chi connectivity index (χ2n) is 1.93. The molecule has 0 bridgehead atoms. The minimum atomic E-state index is -1.17. The maximum atomic E-state index is 9.85. The molecule has 0 saturated heterocycles. The second-order valence-corrected chi connectivity index (χ2v) is 1.93. The van der Waals surface area contributed by atoms with Crippen LogP contribution in [0.1, 0.15) is 13.3 Å². The van der Waals surface area contributed by atoms with Gasteiger partial charge in [-0.15, -0.1) is 0 Å². The smallest absolute Gasteiger partial charge is 0.0937 e. The number of carboxylic acids is 1. The van der Waals surface area contributed by atoms with Crippen LogP contribution in [0, 0.1) is 11.3 Å². The molecule has 0 spiro atoms. The van der Waals surface area contributed by atoms with Crippen LogP contribution in [0.15, 0.2) is 0 Å². The summed E-state index contributed by atoms with van der Waals surface area (Å²) < 4.78 is 0. The first kappa shape index (κ1) is 7.94. The Kier molecular flexibility index (Phi) is 2.70. The van der Waals surface area contributed by atoms with Crippen molar-refractivity contribution in [3.8, 4) is 0 Å². The first-order valence-corrected chi connectivity index (χ1v) is 2.57. The molecule has 4 heteroatoms. The molecule has 4 nitrogen and oxygen atoms in total. The summed E-state index contributed by atoms with van der Waals surface area (Å²) in [5.41, 5.74) is 4.98. The third kappa shape index (κ3) is 3.52. The predicted molar refractivity (Wildman–Crippen MR) is 30.7 cm³/mol. The Morgan fingerprint density at radius 2 is 2.33 bits per heavy atom. The van der Waals surface area contributed by atoms with E-state index in [1.54, 1.807) is 6.92 Å². The van der Waals surface area contributed by atoms with Crippen LogP contribution in [0.25, 0.3) is 0 Å². The molecule has 0 heterocycles. The fraction of sp³-hybridized carbons (Fsp3) is 0.600. The minimum Gasteiger partial charge on any atom is -0.550 e. The van der Waals surface area contributed by atoms with Gasteiger partial charge in [0.1, 0.15) is 0 Å². The third-order valence-electron chi connectivity index (χ3n) is 1.00. The third-order valence-corrected chi connectivity index (χ3v) is 1.00. The van der Waals surface area contributed by atoms with Gasteiger partial charge in [-0.3, -0.25) is 5.41 Å². The molecule has 0 aliphatic heterocycles. The SMILES string of the molecule is CC(CC(=O)[O-])C(=N)N. The molecule has 1 unspecified atom stereocenters. The largest absolute Gasteiger partial charge is 0.550 e. The van der Waals surface area contributed by atoms with Crippen LogP contribution in [0.2, 0.25) is 0 Å². The van der Waals surface area contributed by atoms with Crippen LogP contribution < -0.4 is 10.8 Å². The van der Waals surface area contributed by atoms with E-state index in [0.717, 1.165) is 0 Å². The molecule has 0 aromatic rings. The molecular formula is C5H9N2O2-. The summed E-state index contributed by atoms with van der Waals surface area (Å²) in [5, 5.41) is 16.6. The van der Waals surface area contributed by atoms with Crippen molar-refractivity contribution in [2.45, 2.75) is 13.3 Å². The highest BCUT2D eigenvalue weighted by molar-refractivity contribution is 5.82. The lowest BCUT2D eigenvalue weighted by Gasteiger charge is -2.08. The second kappa shape index (κ2) is 3.06. The van der Waals surface area contributed by atoms with Crippen molar-refractivity contribution in [2.24, 2.45) is 11.7 Å². The van der Waals surface area contributed by atoms with E-state index in [1.807, 2.05) is 0 Å². The Labute approximate surface area is 53.2 Å². The van der Waals surface area contributed by atoms with E-state index in [1.165, 1.54) is 0 Å². The average Bonchev–Trinajstić information content (AvgIpc) is 1.63. The quantitative estimate of drug-likeness (QED) is 0.366. The number of rotatable bonds is 3. The van der Waals surface area contributed by atoms with Crippen molar-refractivity contribution in [1.29, 1.82) is 5.41 Å². The van der Waals surface area contributed by atoms with E-state index in [4.69, 9.17) is 11.1 Å². The first-order valence-electron chi connectivity index (χ1n) is 2.57. The van der Waals surface area contributed by atoms with Gasteiger partial charge in [-0.1, -0.05) is 6.92 Å². The number of carbonyl (C=O) groups excluding carboxylic acids is 1. The lowest BCUT2D eigenvalue weighted by Crippen LogP contribution is -2.29. The number of nitrogens with two attached hydrogens (primary N) is 1. The molecule has 0 aliphatic carbocycles. The number of aliphatic carboxylic acids is 1. The molecule has 1 atom stereocenters. The molecule has 0 rings (SSSR count). The fourth-order valence-corrected chi connectivity index (χ4v) is 0.360. The zero-order valence-electron chi connectivity index (χ0n) is 5.18. The first-order chi connectivity index (χ1) is 4.04. The summed E-state index contributed by atoms with van der Waals surface area (Å²) in [6, 6.07) is 0. The Hall–Kier alpha value is -1.06. The fourth-order valence-electron chi connectivity index (χ4n) is 0.360. The molecule has 52 valence electrons. The van der Waals surface area contributed by atoms with Gasteiger partial charge in [0, 0.05) is 11.9 Å². The standard InChI is InChI=1S/C5H10N2O2/c1-3(5(6)7)2-4(8)9/h3H,2H2,1H3,(H3,6,7)(H,8,9)/p-1. The van der Waals surface area contributed by atoms with Crippen molar-refractivity contribution in [1.82, 2.24) is 0 Å². The normalized spacial score (nSPS) is 12.6. The summed E-state index contributed by atoms with van der Waals surface area (Å²) >= 11 is 0. The lowest BCUT2D eigenvalue weighted by molar-refractivity contribution is -0.306. The predicted octanol–water partition coefficient (Wildman–Crippen LogP) is -1.30. The summed E-state index contributed by atoms with van der Waals surface area (Å²) in [5.74, 6) is -1.69. The van der Waals surface area contributed by atoms with Gasteiger partial charge in [0.2, 0.25) is 0 Å². The maximum absolute atomic E-state index is 9.85. The monoisotopic (exact) mass is 129 g/mol. The van der Waals surface area contributed by atoms with E-state index >= 15 is 0 Å². The van der Waals surface area contributed by atoms with Crippen LogP contribution in [-0.4, -0.2) is 11.8 Å². The van der Waals surface area contributed by atoms with Crippen LogP contribution in [0.5, 0.6) is 0 Å². The molecular weight excluding hydrogens is 120 g/mol. The molecule has 0 aliphatic rings. The van der Waals surface area contributed by atoms with Crippen molar-refractivity contribution < 1.29 is 9.90 Å². The Morgan fingerprint density at radius 3 is 2.44 bits per heavy atom. The van der Waals surface area contributed by atoms with Gasteiger partial charge in [-0.05, 0) is 6.42 Å². The van der Waals surface area contributed by atoms with Crippen molar-refractivity contribution in [2.75, 3.05) is 0 Å². The Bertz CT molecular complexity index is 133. The number of carbonyl (C=O) groups is 1. The zero-order valence-corrected chi connectivity index (χ0v) is 5.18. The zero-order chi connectivity index (χ0) is 7.44. The molecule has 0 fully saturated rings. The Morgan fingerprint density at radius 1 is 1.89 bits per heavy atom. The van der Waals surface area contributed by atoms with E-state index < -0.39 is 11.9 Å². The molecule has 0 saturated carbocycles. The van der Waals surface area contributed by atoms with Gasteiger partial charge in [0.05, 0.1) is 5.84 Å².